The number of ether oxygens (including phenoxy) is 2. The number of allylic oxidation sites excluding steroid dienone is 1. The molecule has 160 valence electrons. The van der Waals surface area contributed by atoms with E-state index < -0.39 is 17.1 Å². The van der Waals surface area contributed by atoms with Crippen LogP contribution in [0.25, 0.3) is 0 Å². The molecule has 0 aromatic rings. The van der Waals surface area contributed by atoms with Gasteiger partial charge in [-0.2, -0.15) is 0 Å². The number of nitrogens with zero attached hydrogens (tertiary/aromatic N) is 1. The van der Waals surface area contributed by atoms with Crippen molar-refractivity contribution >= 4 is 11.9 Å². The van der Waals surface area contributed by atoms with Gasteiger partial charge in [0.05, 0.1) is 5.92 Å². The fraction of sp³-hybridized carbons (Fsp3) is 0.750. The van der Waals surface area contributed by atoms with Crippen LogP contribution < -0.4 is 0 Å². The molecule has 2 spiro atoms. The minimum absolute atomic E-state index is 0.0558. The van der Waals surface area contributed by atoms with Gasteiger partial charge in [0.2, 0.25) is 0 Å². The SMILES string of the molecule is CC(=O)O[C@H]1[C@H]2C(C)=C[C@@]34C[C@H]5[C@H]6[C@@]7(CC=C[C@@]6(C)CN5[C@@H]7[C@]3(O)[C@@H]2OC(C)=O)[C@H]14. The summed E-state index contributed by atoms with van der Waals surface area (Å²) < 4.78 is 12.0. The Kier molecular flexibility index (Phi) is 2.83. The van der Waals surface area contributed by atoms with E-state index in [1.807, 2.05) is 6.92 Å². The summed E-state index contributed by atoms with van der Waals surface area (Å²) in [4.78, 5) is 27.0. The number of carbonyl (C=O) groups excluding carboxylic acids is 2. The summed E-state index contributed by atoms with van der Waals surface area (Å²) in [6.45, 7) is 8.22. The molecule has 0 aromatic heterocycles. The first-order chi connectivity index (χ1) is 14.1. The number of esters is 2. The summed E-state index contributed by atoms with van der Waals surface area (Å²) in [5, 5.41) is 12.6. The second-order valence-electron chi connectivity index (χ2n) is 11.4. The van der Waals surface area contributed by atoms with Crippen LogP contribution in [0.1, 0.15) is 40.5 Å². The van der Waals surface area contributed by atoms with Gasteiger partial charge in [-0.3, -0.25) is 14.5 Å². The molecule has 30 heavy (non-hydrogen) atoms. The van der Waals surface area contributed by atoms with Gasteiger partial charge in [0.1, 0.15) is 17.8 Å². The fourth-order valence-electron chi connectivity index (χ4n) is 10.5. The third-order valence-electron chi connectivity index (χ3n) is 10.3. The molecule has 6 fully saturated rings. The molecule has 1 unspecified atom stereocenters. The molecular formula is C24H29NO5. The highest BCUT2D eigenvalue weighted by Gasteiger charge is 2.94. The molecule has 6 heteroatoms. The summed E-state index contributed by atoms with van der Waals surface area (Å²) in [6, 6.07) is 0.365. The van der Waals surface area contributed by atoms with Crippen LogP contribution in [0.2, 0.25) is 0 Å². The quantitative estimate of drug-likeness (QED) is 0.552. The molecule has 9 bridgehead atoms. The van der Waals surface area contributed by atoms with Crippen molar-refractivity contribution in [2.45, 2.75) is 70.4 Å². The third-order valence-corrected chi connectivity index (χ3v) is 10.3. The number of carbonyl (C=O) groups is 2. The van der Waals surface area contributed by atoms with E-state index in [9.17, 15) is 14.7 Å². The van der Waals surface area contributed by atoms with Gasteiger partial charge in [0.25, 0.3) is 0 Å². The van der Waals surface area contributed by atoms with Crippen molar-refractivity contribution in [2.24, 2.45) is 34.0 Å². The first kappa shape index (κ1) is 18.0. The highest BCUT2D eigenvalue weighted by molar-refractivity contribution is 5.68. The number of rotatable bonds is 2. The van der Waals surface area contributed by atoms with E-state index in [-0.39, 0.29) is 46.8 Å². The lowest BCUT2D eigenvalue weighted by Gasteiger charge is -2.66. The Hall–Kier alpha value is -1.66. The van der Waals surface area contributed by atoms with Gasteiger partial charge in [0.15, 0.2) is 0 Å². The second-order valence-corrected chi connectivity index (χ2v) is 11.4. The topological polar surface area (TPSA) is 76.1 Å². The summed E-state index contributed by atoms with van der Waals surface area (Å²) in [6.07, 6.45) is 7.69. The Morgan fingerprint density at radius 2 is 1.93 bits per heavy atom. The van der Waals surface area contributed by atoms with E-state index in [4.69, 9.17) is 9.47 Å². The van der Waals surface area contributed by atoms with E-state index in [0.29, 0.717) is 12.0 Å². The summed E-state index contributed by atoms with van der Waals surface area (Å²) in [5.74, 6) is -0.472. The maximum atomic E-state index is 12.6. The van der Waals surface area contributed by atoms with Gasteiger partial charge >= 0.3 is 11.9 Å². The van der Waals surface area contributed by atoms with Gasteiger partial charge in [-0.25, -0.2) is 0 Å². The van der Waals surface area contributed by atoms with Crippen LogP contribution >= 0.6 is 0 Å². The van der Waals surface area contributed by atoms with E-state index in [1.165, 1.54) is 13.8 Å². The Balaban J connectivity index is 1.54. The van der Waals surface area contributed by atoms with Crippen LogP contribution in [0.5, 0.6) is 0 Å². The van der Waals surface area contributed by atoms with Crippen LogP contribution in [0.15, 0.2) is 23.8 Å². The van der Waals surface area contributed by atoms with Crippen molar-refractivity contribution < 1.29 is 24.2 Å². The zero-order valence-electron chi connectivity index (χ0n) is 17.9. The van der Waals surface area contributed by atoms with Crippen molar-refractivity contribution in [2.75, 3.05) is 6.54 Å². The van der Waals surface area contributed by atoms with Gasteiger partial charge in [-0.05, 0) is 25.7 Å². The Bertz CT molecular complexity index is 988. The van der Waals surface area contributed by atoms with Crippen molar-refractivity contribution in [1.82, 2.24) is 4.90 Å². The maximum absolute atomic E-state index is 12.6. The molecule has 1 N–H and O–H groups in total. The zero-order valence-corrected chi connectivity index (χ0v) is 17.9. The van der Waals surface area contributed by atoms with E-state index in [1.54, 1.807) is 0 Å². The molecule has 0 radical (unpaired) electrons. The molecule has 12 atom stereocenters. The van der Waals surface area contributed by atoms with Crippen molar-refractivity contribution in [3.05, 3.63) is 23.8 Å². The normalized spacial score (nSPS) is 62.0. The number of aliphatic hydroxyl groups is 1. The largest absolute Gasteiger partial charge is 0.461 e. The smallest absolute Gasteiger partial charge is 0.303 e. The van der Waals surface area contributed by atoms with Gasteiger partial charge in [-0.1, -0.05) is 30.7 Å². The predicted molar refractivity (Wildman–Crippen MR) is 106 cm³/mol. The first-order valence-electron chi connectivity index (χ1n) is 11.3. The summed E-state index contributed by atoms with van der Waals surface area (Å²) in [5.41, 5.74) is -0.621. The molecule has 6 nitrogen and oxygen atoms in total. The van der Waals surface area contributed by atoms with E-state index in [2.05, 4.69) is 30.1 Å². The lowest BCUT2D eigenvalue weighted by atomic mass is 9.41. The zero-order chi connectivity index (χ0) is 21.0. The first-order valence-corrected chi connectivity index (χ1v) is 11.3. The molecular weight excluding hydrogens is 382 g/mol. The molecule has 9 aliphatic rings. The molecule has 0 aromatic carbocycles. The predicted octanol–water partition coefficient (Wildman–Crippen LogP) is 1.83. The lowest BCUT2D eigenvalue weighted by Crippen LogP contribution is -2.76. The maximum Gasteiger partial charge on any atom is 0.303 e. The Morgan fingerprint density at radius 3 is 2.63 bits per heavy atom. The fourth-order valence-corrected chi connectivity index (χ4v) is 10.5. The number of hydrogen-bond donors (Lipinski definition) is 1. The second kappa shape index (κ2) is 4.73. The highest BCUT2D eigenvalue weighted by atomic mass is 16.6. The average Bonchev–Trinajstić information content (AvgIpc) is 3.04. The van der Waals surface area contributed by atoms with Crippen LogP contribution in [-0.4, -0.2) is 58.4 Å². The van der Waals surface area contributed by atoms with Crippen LogP contribution in [0.4, 0.5) is 0 Å². The molecule has 3 aliphatic heterocycles. The average molecular weight is 411 g/mol. The van der Waals surface area contributed by atoms with Gasteiger partial charge in [0, 0.05) is 54.6 Å². The van der Waals surface area contributed by atoms with Crippen molar-refractivity contribution in [3.63, 3.8) is 0 Å². The van der Waals surface area contributed by atoms with Crippen molar-refractivity contribution in [3.8, 4) is 0 Å². The molecule has 9 rings (SSSR count). The van der Waals surface area contributed by atoms with Crippen molar-refractivity contribution in [1.29, 1.82) is 0 Å². The Labute approximate surface area is 176 Å². The number of piperidine rings is 2. The molecule has 3 heterocycles. The van der Waals surface area contributed by atoms with E-state index >= 15 is 0 Å². The molecule has 3 saturated heterocycles. The highest BCUT2D eigenvalue weighted by Crippen LogP contribution is 2.86. The third kappa shape index (κ3) is 1.44. The molecule has 0 amide bonds. The Morgan fingerprint density at radius 1 is 1.20 bits per heavy atom. The van der Waals surface area contributed by atoms with Crippen LogP contribution in [0, 0.1) is 34.0 Å². The van der Waals surface area contributed by atoms with Crippen LogP contribution in [-0.2, 0) is 19.1 Å². The van der Waals surface area contributed by atoms with E-state index in [0.717, 1.165) is 25.0 Å². The molecule has 3 saturated carbocycles. The summed E-state index contributed by atoms with van der Waals surface area (Å²) >= 11 is 0. The van der Waals surface area contributed by atoms with Gasteiger partial charge < -0.3 is 14.6 Å². The number of hydrogen-bond acceptors (Lipinski definition) is 6. The lowest BCUT2D eigenvalue weighted by molar-refractivity contribution is -0.263. The minimum atomic E-state index is -1.14. The minimum Gasteiger partial charge on any atom is -0.461 e. The van der Waals surface area contributed by atoms with Crippen LogP contribution in [0.3, 0.4) is 0 Å². The van der Waals surface area contributed by atoms with Gasteiger partial charge in [-0.15, -0.1) is 0 Å². The monoisotopic (exact) mass is 411 g/mol. The molecule has 6 aliphatic carbocycles. The summed E-state index contributed by atoms with van der Waals surface area (Å²) in [7, 11) is 0. The standard InChI is InChI=1S/C24H29NO5/c1-11-8-22-9-14-17-21(4)6-5-7-23(17)18(22)16(29-12(2)26)15(11)19(30-13(3)27)24(22,28)20(23)25(14)10-21/h5-6,8,14-20,28H,7,9-10H2,1-4H3/t14-,15+,16-,17+,18+,19+,20-,21-,22-,23-,24+/m0/s1.